The number of carbonyl (C=O) groups excluding carboxylic acids is 1. The third kappa shape index (κ3) is 42.3. The summed E-state index contributed by atoms with van der Waals surface area (Å²) in [6, 6.07) is -1.02. The molecule has 0 aromatic carbocycles. The van der Waals surface area contributed by atoms with Gasteiger partial charge in [-0.15, -0.1) is 0 Å². The standard InChI is InChI=1S/C84H135NO18/c1-3-5-7-9-11-13-15-17-19-21-23-24-25-26-27-28-29-30-31-32-33-34-35-36-37-38-39-40-41-42-44-46-48-50-52-54-56-58-60-62-72(90)85-67(68(89)61-59-57-55-53-51-49-47-45-43-22-20-18-16-14-12-10-8-6-4-2)66-98-82-78(96)75(93)80(70(64-87)100-82)103-84-79(97)76(94)81(71(65-88)101-84)102-83-77(95)74(92)73(91)69(63-86)99-83/h5,7,11,13,17,19,23-24,26-27,29-30,32-33,35-36,38-39,41-43,45-46,48,51,53,59,61,67-71,73-84,86-89,91-97H,3-4,6,8-10,12,14-16,18,20-22,25,28,31,34,37,40,44,47,49-50,52,54-58,60,62-66H2,1-2H3,(H,85,90)/b7-5-,13-11-,19-17-,24-23-,27-26-,30-29-,33-32-,36-35-,39-38-,42-41-,45-43+,48-46-,53-51+,61-59+. The second kappa shape index (κ2) is 62.2. The Kier molecular flexibility index (Phi) is 55.8. The first kappa shape index (κ1) is 92.4. The Labute approximate surface area is 617 Å². The fourth-order valence-corrected chi connectivity index (χ4v) is 11.8. The monoisotopic (exact) mass is 1450 g/mol. The van der Waals surface area contributed by atoms with Crippen molar-refractivity contribution in [2.45, 2.75) is 324 Å². The van der Waals surface area contributed by atoms with Crippen molar-refractivity contribution in [2.24, 2.45) is 0 Å². The molecule has 3 heterocycles. The van der Waals surface area contributed by atoms with Gasteiger partial charge in [0.15, 0.2) is 18.9 Å². The van der Waals surface area contributed by atoms with E-state index in [1.807, 2.05) is 6.08 Å². The van der Waals surface area contributed by atoms with Gasteiger partial charge < -0.3 is 89.9 Å². The van der Waals surface area contributed by atoms with Crippen LogP contribution >= 0.6 is 0 Å². The number of allylic oxidation sites excluding steroid dienone is 27. The van der Waals surface area contributed by atoms with E-state index in [0.717, 1.165) is 128 Å². The van der Waals surface area contributed by atoms with E-state index in [0.29, 0.717) is 12.8 Å². The van der Waals surface area contributed by atoms with Gasteiger partial charge in [0.25, 0.3) is 0 Å². The molecule has 1 amide bonds. The minimum absolute atomic E-state index is 0.198. The Morgan fingerprint density at radius 3 is 1.09 bits per heavy atom. The molecule has 19 heteroatoms. The molecular formula is C84H135NO18. The van der Waals surface area contributed by atoms with Gasteiger partial charge in [-0.1, -0.05) is 255 Å². The van der Waals surface area contributed by atoms with Crippen LogP contribution in [0.3, 0.4) is 0 Å². The van der Waals surface area contributed by atoms with Crippen molar-refractivity contribution >= 4 is 5.91 Å². The highest BCUT2D eigenvalue weighted by Gasteiger charge is 2.53. The van der Waals surface area contributed by atoms with E-state index in [2.05, 4.69) is 177 Å². The van der Waals surface area contributed by atoms with Gasteiger partial charge in [-0.2, -0.15) is 0 Å². The van der Waals surface area contributed by atoms with E-state index in [4.69, 9.17) is 28.4 Å². The first-order valence-corrected chi connectivity index (χ1v) is 38.9. The minimum Gasteiger partial charge on any atom is -0.394 e. The summed E-state index contributed by atoms with van der Waals surface area (Å²) in [6.45, 7) is 1.55. The number of hydrogen-bond acceptors (Lipinski definition) is 18. The van der Waals surface area contributed by atoms with Crippen LogP contribution in [0.2, 0.25) is 0 Å². The quantitative estimate of drug-likeness (QED) is 0.0199. The number of carbonyl (C=O) groups is 1. The summed E-state index contributed by atoms with van der Waals surface area (Å²) >= 11 is 0. The fraction of sp³-hybridized carbons (Fsp3) is 0.655. The highest BCUT2D eigenvalue weighted by Crippen LogP contribution is 2.33. The van der Waals surface area contributed by atoms with Crippen LogP contribution in [0.5, 0.6) is 0 Å². The molecule has 0 aromatic rings. The number of unbranched alkanes of at least 4 members (excludes halogenated alkanes) is 16. The Morgan fingerprint density at radius 1 is 0.359 bits per heavy atom. The molecule has 3 aliphatic heterocycles. The normalized spacial score (nSPS) is 27.0. The lowest BCUT2D eigenvalue weighted by molar-refractivity contribution is -0.379. The third-order valence-electron chi connectivity index (χ3n) is 18.0. The number of rotatable bonds is 58. The maximum atomic E-state index is 13.4. The first-order valence-electron chi connectivity index (χ1n) is 38.9. The molecule has 17 unspecified atom stereocenters. The van der Waals surface area contributed by atoms with E-state index >= 15 is 0 Å². The van der Waals surface area contributed by atoms with Gasteiger partial charge in [0.2, 0.25) is 5.91 Å². The maximum absolute atomic E-state index is 13.4. The zero-order chi connectivity index (χ0) is 74.6. The van der Waals surface area contributed by atoms with Crippen LogP contribution in [-0.2, 0) is 33.2 Å². The average Bonchev–Trinajstić information content (AvgIpc) is 0.781. The van der Waals surface area contributed by atoms with E-state index in [1.165, 1.54) is 57.8 Å². The molecule has 17 atom stereocenters. The summed E-state index contributed by atoms with van der Waals surface area (Å²) < 4.78 is 34.3. The lowest BCUT2D eigenvalue weighted by Gasteiger charge is -2.48. The third-order valence-corrected chi connectivity index (χ3v) is 18.0. The molecule has 3 aliphatic rings. The van der Waals surface area contributed by atoms with Crippen LogP contribution in [0.1, 0.15) is 219 Å². The molecule has 3 saturated heterocycles. The first-order chi connectivity index (χ1) is 50.3. The summed E-state index contributed by atoms with van der Waals surface area (Å²) in [5, 5.41) is 121. The van der Waals surface area contributed by atoms with E-state index in [9.17, 15) is 61.0 Å². The summed E-state index contributed by atoms with van der Waals surface area (Å²) in [5.74, 6) is -0.316. The highest BCUT2D eigenvalue weighted by molar-refractivity contribution is 5.76. The molecule has 0 aromatic heterocycles. The minimum atomic E-state index is -1.99. The molecular weight excluding hydrogens is 1310 g/mol. The maximum Gasteiger partial charge on any atom is 0.220 e. The SMILES string of the molecule is CC/C=C\C/C=C\C/C=C\C/C=C\C/C=C\C/C=C\C/C=C\C/C=C\C/C=C\C/C=C\C/C=C\CCCCCCCC(=O)NC(COC1OC(CO)C(OC2OC(CO)C(OC3OC(CO)C(O)C(O)C3O)C(O)C2O)C(O)C1O)C(O)/C=C/CC/C=C/CC/C=C/CCCCCCCCCCC. The molecule has 0 spiro atoms. The highest BCUT2D eigenvalue weighted by atomic mass is 16.8. The van der Waals surface area contributed by atoms with Crippen LogP contribution in [0.25, 0.3) is 0 Å². The van der Waals surface area contributed by atoms with Gasteiger partial charge >= 0.3 is 0 Å². The van der Waals surface area contributed by atoms with E-state index in [-0.39, 0.29) is 12.3 Å². The van der Waals surface area contributed by atoms with Crippen LogP contribution in [0.15, 0.2) is 170 Å². The second-order valence-corrected chi connectivity index (χ2v) is 26.7. The Balaban J connectivity index is 1.39. The van der Waals surface area contributed by atoms with E-state index < -0.39 is 131 Å². The Morgan fingerprint density at radius 2 is 0.680 bits per heavy atom. The number of hydrogen-bond donors (Lipinski definition) is 12. The average molecular weight is 1450 g/mol. The molecule has 0 saturated carbocycles. The molecule has 0 radical (unpaired) electrons. The number of amides is 1. The number of nitrogens with one attached hydrogen (secondary N) is 1. The second-order valence-electron chi connectivity index (χ2n) is 26.7. The molecule has 19 nitrogen and oxygen atoms in total. The molecule has 0 aliphatic carbocycles. The van der Waals surface area contributed by atoms with Crippen molar-refractivity contribution in [1.82, 2.24) is 5.32 Å². The Bertz CT molecular complexity index is 2530. The number of aliphatic hydroxyl groups excluding tert-OH is 11. The molecule has 584 valence electrons. The Hall–Kier alpha value is -4.85. The zero-order valence-electron chi connectivity index (χ0n) is 62.2. The number of aliphatic hydroxyl groups is 11. The predicted octanol–water partition coefficient (Wildman–Crippen LogP) is 12.6. The van der Waals surface area contributed by atoms with Crippen molar-refractivity contribution in [3.8, 4) is 0 Å². The van der Waals surface area contributed by atoms with Crippen LogP contribution in [0.4, 0.5) is 0 Å². The van der Waals surface area contributed by atoms with Gasteiger partial charge in [-0.25, -0.2) is 0 Å². The van der Waals surface area contributed by atoms with Crippen molar-refractivity contribution in [1.29, 1.82) is 0 Å². The summed E-state index contributed by atoms with van der Waals surface area (Å²) in [4.78, 5) is 13.4. The zero-order valence-corrected chi connectivity index (χ0v) is 62.2. The molecule has 12 N–H and O–H groups in total. The molecule has 0 bridgehead atoms. The van der Waals surface area contributed by atoms with Crippen LogP contribution < -0.4 is 5.32 Å². The topological polar surface area (TPSA) is 307 Å². The summed E-state index contributed by atoms with van der Waals surface area (Å²) in [7, 11) is 0. The van der Waals surface area contributed by atoms with Gasteiger partial charge in [-0.05, 0) is 128 Å². The van der Waals surface area contributed by atoms with Gasteiger partial charge in [0.05, 0.1) is 38.6 Å². The van der Waals surface area contributed by atoms with Gasteiger partial charge in [0.1, 0.15) is 73.2 Å². The molecule has 3 rings (SSSR count). The largest absolute Gasteiger partial charge is 0.394 e. The smallest absolute Gasteiger partial charge is 0.220 e. The fourth-order valence-electron chi connectivity index (χ4n) is 11.8. The van der Waals surface area contributed by atoms with Crippen LogP contribution in [0, 0.1) is 0 Å². The van der Waals surface area contributed by atoms with Crippen LogP contribution in [-0.4, -0.2) is 193 Å². The lowest BCUT2D eigenvalue weighted by Crippen LogP contribution is -2.66. The van der Waals surface area contributed by atoms with Gasteiger partial charge in [-0.3, -0.25) is 4.79 Å². The van der Waals surface area contributed by atoms with Crippen molar-refractivity contribution < 1.29 is 89.4 Å². The predicted molar refractivity (Wildman–Crippen MR) is 410 cm³/mol. The van der Waals surface area contributed by atoms with Crippen molar-refractivity contribution in [3.63, 3.8) is 0 Å². The summed E-state index contributed by atoms with van der Waals surface area (Å²) in [5.41, 5.74) is 0. The van der Waals surface area contributed by atoms with Crippen molar-refractivity contribution in [2.75, 3.05) is 26.4 Å². The summed E-state index contributed by atoms with van der Waals surface area (Å²) in [6.07, 6.45) is 66.1. The lowest BCUT2D eigenvalue weighted by atomic mass is 9.96. The van der Waals surface area contributed by atoms with Crippen molar-refractivity contribution in [3.05, 3.63) is 170 Å². The molecule has 3 fully saturated rings. The van der Waals surface area contributed by atoms with Gasteiger partial charge in [0, 0.05) is 6.42 Å². The molecule has 103 heavy (non-hydrogen) atoms. The van der Waals surface area contributed by atoms with E-state index in [1.54, 1.807) is 6.08 Å². The number of ether oxygens (including phenoxy) is 6.